The minimum Gasteiger partial charge on any atom is -0.437 e. The van der Waals surface area contributed by atoms with Crippen molar-refractivity contribution < 1.29 is 4.74 Å². The van der Waals surface area contributed by atoms with Gasteiger partial charge in [-0.15, -0.1) is 0 Å². The van der Waals surface area contributed by atoms with Gasteiger partial charge in [-0.05, 0) is 32.0 Å². The van der Waals surface area contributed by atoms with Crippen molar-refractivity contribution in [3.05, 3.63) is 42.2 Å². The molecule has 0 amide bonds. The van der Waals surface area contributed by atoms with Gasteiger partial charge in [0.1, 0.15) is 11.4 Å². The fourth-order valence-electron chi connectivity index (χ4n) is 2.12. The van der Waals surface area contributed by atoms with Gasteiger partial charge in [0.15, 0.2) is 0 Å². The first-order chi connectivity index (χ1) is 9.69. The highest BCUT2D eigenvalue weighted by Crippen LogP contribution is 2.31. The third kappa shape index (κ3) is 2.07. The molecular weight excluding hydrogens is 252 g/mol. The molecule has 102 valence electrons. The number of rotatable bonds is 3. The second kappa shape index (κ2) is 4.85. The zero-order chi connectivity index (χ0) is 14.1. The van der Waals surface area contributed by atoms with Gasteiger partial charge in [-0.2, -0.15) is 5.10 Å². The molecule has 5 heteroatoms. The van der Waals surface area contributed by atoms with Gasteiger partial charge < -0.3 is 10.5 Å². The molecule has 0 aliphatic rings. The number of ether oxygens (including phenoxy) is 1. The van der Waals surface area contributed by atoms with E-state index in [1.165, 1.54) is 0 Å². The van der Waals surface area contributed by atoms with E-state index in [0.717, 1.165) is 16.6 Å². The van der Waals surface area contributed by atoms with Crippen molar-refractivity contribution in [2.24, 2.45) is 0 Å². The van der Waals surface area contributed by atoms with Gasteiger partial charge in [-0.25, -0.2) is 4.68 Å². The highest BCUT2D eigenvalue weighted by molar-refractivity contribution is 5.79. The summed E-state index contributed by atoms with van der Waals surface area (Å²) in [4.78, 5) is 4.32. The Balaban J connectivity index is 2.01. The molecule has 2 N–H and O–H groups in total. The molecule has 0 unspecified atom stereocenters. The maximum Gasteiger partial charge on any atom is 0.241 e. The summed E-state index contributed by atoms with van der Waals surface area (Å²) in [7, 11) is 0. The minimum absolute atomic E-state index is 0.577. The zero-order valence-corrected chi connectivity index (χ0v) is 11.5. The maximum atomic E-state index is 6.02. The van der Waals surface area contributed by atoms with Gasteiger partial charge in [0.2, 0.25) is 5.88 Å². The first kappa shape index (κ1) is 12.5. The third-order valence-electron chi connectivity index (χ3n) is 3.22. The predicted octanol–water partition coefficient (Wildman–Crippen LogP) is 3.13. The van der Waals surface area contributed by atoms with E-state index in [-0.39, 0.29) is 0 Å². The van der Waals surface area contributed by atoms with Gasteiger partial charge in [0.25, 0.3) is 0 Å². The molecule has 0 aliphatic heterocycles. The van der Waals surface area contributed by atoms with Crippen LogP contribution in [0.4, 0.5) is 5.69 Å². The lowest BCUT2D eigenvalue weighted by atomic mass is 10.2. The summed E-state index contributed by atoms with van der Waals surface area (Å²) in [5.41, 5.74) is 8.26. The predicted molar refractivity (Wildman–Crippen MR) is 78.9 cm³/mol. The molecule has 0 atom stereocenters. The molecule has 0 bridgehead atoms. The van der Waals surface area contributed by atoms with E-state index in [4.69, 9.17) is 10.5 Å². The molecule has 3 rings (SSSR count). The van der Waals surface area contributed by atoms with E-state index in [0.29, 0.717) is 23.9 Å². The Hall–Kier alpha value is -2.56. The maximum absolute atomic E-state index is 6.02. The smallest absolute Gasteiger partial charge is 0.241 e. The largest absolute Gasteiger partial charge is 0.437 e. The average Bonchev–Trinajstić information content (AvgIpc) is 2.75. The second-order valence-electron chi connectivity index (χ2n) is 4.58. The average molecular weight is 268 g/mol. The molecule has 0 radical (unpaired) electrons. The lowest BCUT2D eigenvalue weighted by Crippen LogP contribution is -2.00. The van der Waals surface area contributed by atoms with Gasteiger partial charge >= 0.3 is 0 Å². The lowest BCUT2D eigenvalue weighted by Gasteiger charge is -2.08. The van der Waals surface area contributed by atoms with Crippen molar-refractivity contribution >= 4 is 16.6 Å². The minimum atomic E-state index is 0.577. The fourth-order valence-corrected chi connectivity index (χ4v) is 2.12. The monoisotopic (exact) mass is 268 g/mol. The van der Waals surface area contributed by atoms with Gasteiger partial charge in [-0.1, -0.05) is 6.07 Å². The summed E-state index contributed by atoms with van der Waals surface area (Å²) in [5.74, 6) is 1.29. The highest BCUT2D eigenvalue weighted by Gasteiger charge is 2.14. The van der Waals surface area contributed by atoms with Crippen molar-refractivity contribution in [1.29, 1.82) is 0 Å². The van der Waals surface area contributed by atoms with E-state index in [1.807, 2.05) is 44.2 Å². The number of aryl methyl sites for hydroxylation is 2. The van der Waals surface area contributed by atoms with Crippen LogP contribution in [0.2, 0.25) is 0 Å². The summed E-state index contributed by atoms with van der Waals surface area (Å²) in [6.45, 7) is 4.58. The molecule has 2 aromatic heterocycles. The van der Waals surface area contributed by atoms with E-state index < -0.39 is 0 Å². The van der Waals surface area contributed by atoms with Crippen molar-refractivity contribution in [2.45, 2.75) is 20.4 Å². The Morgan fingerprint density at radius 1 is 1.30 bits per heavy atom. The number of pyridine rings is 1. The summed E-state index contributed by atoms with van der Waals surface area (Å²) in [5, 5.41) is 5.42. The molecule has 1 aromatic carbocycles. The Morgan fingerprint density at radius 3 is 2.95 bits per heavy atom. The van der Waals surface area contributed by atoms with E-state index in [2.05, 4.69) is 10.1 Å². The van der Waals surface area contributed by atoms with E-state index in [1.54, 1.807) is 10.9 Å². The topological polar surface area (TPSA) is 66.0 Å². The van der Waals surface area contributed by atoms with Crippen LogP contribution in [0.5, 0.6) is 11.6 Å². The number of hydrogen-bond donors (Lipinski definition) is 1. The Bertz CT molecular complexity index is 764. The summed E-state index contributed by atoms with van der Waals surface area (Å²) in [6, 6.07) is 9.72. The summed E-state index contributed by atoms with van der Waals surface area (Å²) in [6.07, 6.45) is 1.76. The van der Waals surface area contributed by atoms with Gasteiger partial charge in [0, 0.05) is 24.2 Å². The van der Waals surface area contributed by atoms with Crippen LogP contribution in [-0.4, -0.2) is 14.8 Å². The number of nitrogens with two attached hydrogens (primary N) is 1. The van der Waals surface area contributed by atoms with Gasteiger partial charge in [-0.3, -0.25) is 4.98 Å². The number of nitrogens with zero attached hydrogens (tertiary/aromatic N) is 3. The normalized spacial score (nSPS) is 10.9. The van der Waals surface area contributed by atoms with Crippen molar-refractivity contribution in [2.75, 3.05) is 5.73 Å². The Morgan fingerprint density at radius 2 is 2.15 bits per heavy atom. The summed E-state index contributed by atoms with van der Waals surface area (Å²) >= 11 is 0. The number of aromatic nitrogens is 3. The van der Waals surface area contributed by atoms with Crippen LogP contribution in [0.15, 0.2) is 36.5 Å². The number of benzene rings is 1. The molecule has 0 spiro atoms. The lowest BCUT2D eigenvalue weighted by molar-refractivity contribution is 0.419. The van der Waals surface area contributed by atoms with Crippen LogP contribution in [-0.2, 0) is 6.54 Å². The number of fused-ring (bicyclic) bond motifs is 1. The van der Waals surface area contributed by atoms with E-state index >= 15 is 0 Å². The van der Waals surface area contributed by atoms with Crippen LogP contribution in [0.3, 0.4) is 0 Å². The molecule has 0 aliphatic carbocycles. The van der Waals surface area contributed by atoms with Crippen LogP contribution in [0, 0.1) is 6.92 Å². The van der Waals surface area contributed by atoms with Crippen molar-refractivity contribution in [3.8, 4) is 11.6 Å². The van der Waals surface area contributed by atoms with Crippen LogP contribution in [0.25, 0.3) is 10.9 Å². The summed E-state index contributed by atoms with van der Waals surface area (Å²) < 4.78 is 7.65. The number of hydrogen-bond acceptors (Lipinski definition) is 4. The Kier molecular flexibility index (Phi) is 3.02. The van der Waals surface area contributed by atoms with Crippen LogP contribution < -0.4 is 10.5 Å². The zero-order valence-electron chi connectivity index (χ0n) is 11.5. The molecular formula is C15H16N4O. The molecule has 2 heterocycles. The second-order valence-corrected chi connectivity index (χ2v) is 4.58. The van der Waals surface area contributed by atoms with Crippen molar-refractivity contribution in [3.63, 3.8) is 0 Å². The first-order valence-corrected chi connectivity index (χ1v) is 6.54. The third-order valence-corrected chi connectivity index (χ3v) is 3.22. The number of nitrogen functional groups attached to an aromatic ring is 1. The molecule has 0 saturated carbocycles. The van der Waals surface area contributed by atoms with Gasteiger partial charge in [0.05, 0.1) is 11.2 Å². The quantitative estimate of drug-likeness (QED) is 0.792. The Labute approximate surface area is 117 Å². The molecule has 20 heavy (non-hydrogen) atoms. The first-order valence-electron chi connectivity index (χ1n) is 6.54. The highest BCUT2D eigenvalue weighted by atomic mass is 16.5. The SMILES string of the molecule is CCn1nc(C)c(N)c1Oc1ccc2cccnc2c1. The molecule has 3 aromatic rings. The molecule has 5 nitrogen and oxygen atoms in total. The number of anilines is 1. The molecule has 0 saturated heterocycles. The standard InChI is InChI=1S/C15H16N4O/c1-3-19-15(14(16)10(2)18-19)20-12-7-6-11-5-4-8-17-13(11)9-12/h4-9H,3,16H2,1-2H3. The molecule has 0 fully saturated rings. The van der Waals surface area contributed by atoms with Crippen molar-refractivity contribution in [1.82, 2.24) is 14.8 Å². The van der Waals surface area contributed by atoms with Crippen LogP contribution in [0.1, 0.15) is 12.6 Å². The fraction of sp³-hybridized carbons (Fsp3) is 0.200. The van der Waals surface area contributed by atoms with Crippen LogP contribution >= 0.6 is 0 Å². The van der Waals surface area contributed by atoms with E-state index in [9.17, 15) is 0 Å².